The van der Waals surface area contributed by atoms with E-state index < -0.39 is 0 Å². The van der Waals surface area contributed by atoms with E-state index in [1.807, 2.05) is 23.6 Å². The minimum absolute atomic E-state index is 0.199. The number of aromatic nitrogens is 1. The summed E-state index contributed by atoms with van der Waals surface area (Å²) in [4.78, 5) is 4.60. The zero-order chi connectivity index (χ0) is 14.5. The van der Waals surface area contributed by atoms with Crippen LogP contribution in [0.3, 0.4) is 0 Å². The molecule has 0 aliphatic carbocycles. The van der Waals surface area contributed by atoms with Crippen LogP contribution >= 0.6 is 11.3 Å². The highest BCUT2D eigenvalue weighted by molar-refractivity contribution is 7.09. The summed E-state index contributed by atoms with van der Waals surface area (Å²) in [6.07, 6.45) is 0.945. The summed E-state index contributed by atoms with van der Waals surface area (Å²) in [6, 6.07) is 5.87. The molecule has 0 saturated carbocycles. The molecule has 1 unspecified atom stereocenters. The van der Waals surface area contributed by atoms with Gasteiger partial charge in [0, 0.05) is 23.4 Å². The highest BCUT2D eigenvalue weighted by atomic mass is 32.1. The Morgan fingerprint density at radius 2 is 2.10 bits per heavy atom. The Kier molecular flexibility index (Phi) is 4.98. The molecular formula is C15H20N2O2S. The van der Waals surface area contributed by atoms with Gasteiger partial charge in [-0.25, -0.2) is 4.98 Å². The molecule has 0 aliphatic rings. The molecule has 20 heavy (non-hydrogen) atoms. The number of hydrogen-bond acceptors (Lipinski definition) is 5. The Labute approximate surface area is 123 Å². The van der Waals surface area contributed by atoms with Crippen molar-refractivity contribution in [1.82, 2.24) is 4.98 Å². The molecule has 5 heteroatoms. The van der Waals surface area contributed by atoms with E-state index in [0.29, 0.717) is 6.54 Å². The lowest BCUT2D eigenvalue weighted by Gasteiger charge is -2.17. The summed E-state index contributed by atoms with van der Waals surface area (Å²) >= 11 is 1.65. The molecule has 0 aliphatic heterocycles. The van der Waals surface area contributed by atoms with E-state index in [0.717, 1.165) is 34.2 Å². The second kappa shape index (κ2) is 6.72. The molecule has 2 N–H and O–H groups in total. The zero-order valence-corrected chi connectivity index (χ0v) is 12.9. The molecule has 108 valence electrons. The van der Waals surface area contributed by atoms with E-state index >= 15 is 0 Å². The number of ether oxygens (including phenoxy) is 2. The Hall–Kier alpha value is -1.59. The summed E-state index contributed by atoms with van der Waals surface area (Å²) < 4.78 is 10.8. The molecule has 1 atom stereocenters. The monoisotopic (exact) mass is 292 g/mol. The molecular weight excluding hydrogens is 272 g/mol. The van der Waals surface area contributed by atoms with E-state index in [1.54, 1.807) is 25.6 Å². The first-order chi connectivity index (χ1) is 9.73. The van der Waals surface area contributed by atoms with Crippen LogP contribution < -0.4 is 15.2 Å². The first-order valence-corrected chi connectivity index (χ1v) is 7.47. The molecule has 0 bridgehead atoms. The number of nitrogens with zero attached hydrogens (tertiary/aromatic N) is 1. The van der Waals surface area contributed by atoms with Crippen LogP contribution in [0.4, 0.5) is 0 Å². The molecule has 0 fully saturated rings. The second-order valence-corrected chi connectivity index (χ2v) is 5.34. The predicted molar refractivity (Wildman–Crippen MR) is 81.7 cm³/mol. The third-order valence-electron chi connectivity index (χ3n) is 3.30. The standard InChI is InChI=1S/C15H20N2O2S/c1-4-12(15-17-10(8-16)9-20-15)13-7-11(18-2)5-6-14(13)19-3/h5-7,9,12H,4,8,16H2,1-3H3. The van der Waals surface area contributed by atoms with Gasteiger partial charge in [0.1, 0.15) is 16.5 Å². The van der Waals surface area contributed by atoms with Crippen LogP contribution in [0.25, 0.3) is 0 Å². The molecule has 0 amide bonds. The third kappa shape index (κ3) is 2.94. The van der Waals surface area contributed by atoms with Crippen molar-refractivity contribution >= 4 is 11.3 Å². The fourth-order valence-corrected chi connectivity index (χ4v) is 3.25. The van der Waals surface area contributed by atoms with E-state index in [9.17, 15) is 0 Å². The van der Waals surface area contributed by atoms with Gasteiger partial charge in [0.05, 0.1) is 19.9 Å². The molecule has 4 nitrogen and oxygen atoms in total. The van der Waals surface area contributed by atoms with Crippen LogP contribution in [-0.4, -0.2) is 19.2 Å². The maximum Gasteiger partial charge on any atom is 0.123 e. The Balaban J connectivity index is 2.44. The number of methoxy groups -OCH3 is 2. The van der Waals surface area contributed by atoms with Gasteiger partial charge in [-0.3, -0.25) is 0 Å². The van der Waals surface area contributed by atoms with Crippen molar-refractivity contribution in [2.24, 2.45) is 5.73 Å². The van der Waals surface area contributed by atoms with Gasteiger partial charge in [-0.2, -0.15) is 0 Å². The first-order valence-electron chi connectivity index (χ1n) is 6.59. The molecule has 1 aromatic heterocycles. The van der Waals surface area contributed by atoms with Crippen molar-refractivity contribution in [3.05, 3.63) is 39.8 Å². The second-order valence-electron chi connectivity index (χ2n) is 4.45. The number of benzene rings is 1. The lowest BCUT2D eigenvalue weighted by atomic mass is 9.96. The Bertz CT molecular complexity index is 569. The van der Waals surface area contributed by atoms with E-state index in [2.05, 4.69) is 11.9 Å². The van der Waals surface area contributed by atoms with Crippen LogP contribution in [0.5, 0.6) is 11.5 Å². The van der Waals surface area contributed by atoms with Crippen LogP contribution in [-0.2, 0) is 6.54 Å². The maximum absolute atomic E-state index is 5.64. The fourth-order valence-electron chi connectivity index (χ4n) is 2.22. The van der Waals surface area contributed by atoms with Gasteiger partial charge in [0.25, 0.3) is 0 Å². The van der Waals surface area contributed by atoms with Gasteiger partial charge in [0.2, 0.25) is 0 Å². The van der Waals surface area contributed by atoms with Crippen molar-refractivity contribution < 1.29 is 9.47 Å². The molecule has 0 spiro atoms. The van der Waals surface area contributed by atoms with Gasteiger partial charge in [0.15, 0.2) is 0 Å². The predicted octanol–water partition coefficient (Wildman–Crippen LogP) is 3.16. The number of thiazole rings is 1. The van der Waals surface area contributed by atoms with Crippen molar-refractivity contribution in [1.29, 1.82) is 0 Å². The molecule has 1 aromatic carbocycles. The van der Waals surface area contributed by atoms with Crippen molar-refractivity contribution in [3.63, 3.8) is 0 Å². The topological polar surface area (TPSA) is 57.4 Å². The van der Waals surface area contributed by atoms with Crippen LogP contribution in [0.2, 0.25) is 0 Å². The number of hydrogen-bond donors (Lipinski definition) is 1. The van der Waals surface area contributed by atoms with Gasteiger partial charge >= 0.3 is 0 Å². The summed E-state index contributed by atoms with van der Waals surface area (Å²) in [5.41, 5.74) is 7.68. The molecule has 2 rings (SSSR count). The summed E-state index contributed by atoms with van der Waals surface area (Å²) in [6.45, 7) is 2.62. The van der Waals surface area contributed by atoms with Gasteiger partial charge in [-0.15, -0.1) is 11.3 Å². The Morgan fingerprint density at radius 1 is 1.30 bits per heavy atom. The Morgan fingerprint density at radius 3 is 2.65 bits per heavy atom. The third-order valence-corrected chi connectivity index (χ3v) is 4.30. The van der Waals surface area contributed by atoms with E-state index in [4.69, 9.17) is 15.2 Å². The zero-order valence-electron chi connectivity index (χ0n) is 12.1. The van der Waals surface area contributed by atoms with Crippen molar-refractivity contribution in [2.45, 2.75) is 25.8 Å². The maximum atomic E-state index is 5.64. The highest BCUT2D eigenvalue weighted by Crippen LogP contribution is 2.37. The van der Waals surface area contributed by atoms with Gasteiger partial charge in [-0.05, 0) is 24.6 Å². The van der Waals surface area contributed by atoms with E-state index in [-0.39, 0.29) is 5.92 Å². The average molecular weight is 292 g/mol. The summed E-state index contributed by atoms with van der Waals surface area (Å²) in [5.74, 6) is 1.89. The van der Waals surface area contributed by atoms with Crippen molar-refractivity contribution in [2.75, 3.05) is 14.2 Å². The number of nitrogens with two attached hydrogens (primary N) is 1. The molecule has 0 saturated heterocycles. The smallest absolute Gasteiger partial charge is 0.123 e. The number of rotatable bonds is 6. The lowest BCUT2D eigenvalue weighted by molar-refractivity contribution is 0.396. The van der Waals surface area contributed by atoms with Crippen LogP contribution in [0, 0.1) is 0 Å². The largest absolute Gasteiger partial charge is 0.497 e. The lowest BCUT2D eigenvalue weighted by Crippen LogP contribution is -2.04. The molecule has 0 radical (unpaired) electrons. The van der Waals surface area contributed by atoms with Crippen molar-refractivity contribution in [3.8, 4) is 11.5 Å². The highest BCUT2D eigenvalue weighted by Gasteiger charge is 2.20. The first kappa shape index (κ1) is 14.8. The van der Waals surface area contributed by atoms with Crippen LogP contribution in [0.15, 0.2) is 23.6 Å². The normalized spacial score (nSPS) is 12.2. The van der Waals surface area contributed by atoms with Crippen LogP contribution in [0.1, 0.15) is 35.5 Å². The molecule has 2 aromatic rings. The summed E-state index contributed by atoms with van der Waals surface area (Å²) in [7, 11) is 3.35. The van der Waals surface area contributed by atoms with Gasteiger partial charge in [-0.1, -0.05) is 6.92 Å². The average Bonchev–Trinajstić information content (AvgIpc) is 2.96. The van der Waals surface area contributed by atoms with Gasteiger partial charge < -0.3 is 15.2 Å². The van der Waals surface area contributed by atoms with E-state index in [1.165, 1.54) is 0 Å². The quantitative estimate of drug-likeness (QED) is 0.888. The minimum Gasteiger partial charge on any atom is -0.497 e. The SMILES string of the molecule is CCC(c1nc(CN)cs1)c1cc(OC)ccc1OC. The fraction of sp³-hybridized carbons (Fsp3) is 0.400. The minimum atomic E-state index is 0.199. The summed E-state index contributed by atoms with van der Waals surface area (Å²) in [5, 5.41) is 3.09. The molecule has 1 heterocycles.